The molecule has 5 heteroatoms. The van der Waals surface area contributed by atoms with Crippen molar-refractivity contribution >= 4 is 11.8 Å². The fourth-order valence-corrected chi connectivity index (χ4v) is 5.30. The third-order valence-electron chi connectivity index (χ3n) is 6.95. The number of amides is 2. The van der Waals surface area contributed by atoms with Crippen molar-refractivity contribution in [3.8, 4) is 0 Å². The van der Waals surface area contributed by atoms with Gasteiger partial charge in [0, 0.05) is 38.2 Å². The van der Waals surface area contributed by atoms with E-state index < -0.39 is 0 Å². The molecule has 0 aromatic heterocycles. The molecule has 2 aromatic carbocycles. The van der Waals surface area contributed by atoms with Gasteiger partial charge in [0.05, 0.1) is 0 Å². The number of carbonyl (C=O) groups is 2. The Bertz CT molecular complexity index is 917. The number of hydrogen-bond acceptors (Lipinski definition) is 3. The third kappa shape index (κ3) is 4.67. The first-order valence-corrected chi connectivity index (χ1v) is 11.3. The minimum absolute atomic E-state index is 0.0820. The van der Waals surface area contributed by atoms with Gasteiger partial charge in [-0.2, -0.15) is 0 Å². The van der Waals surface area contributed by atoms with E-state index in [0.717, 1.165) is 44.5 Å². The van der Waals surface area contributed by atoms with Gasteiger partial charge in [-0.1, -0.05) is 42.5 Å². The number of fused-ring (bicyclic) bond motifs is 2. The van der Waals surface area contributed by atoms with Crippen molar-refractivity contribution in [1.29, 1.82) is 0 Å². The van der Waals surface area contributed by atoms with Gasteiger partial charge in [-0.15, -0.1) is 0 Å². The molecular weight excluding hydrogens is 386 g/mol. The molecule has 0 unspecified atom stereocenters. The lowest BCUT2D eigenvalue weighted by Gasteiger charge is -2.40. The molecule has 1 atom stereocenters. The molecule has 31 heavy (non-hydrogen) atoms. The first kappa shape index (κ1) is 21.6. The van der Waals surface area contributed by atoms with Crippen molar-refractivity contribution < 1.29 is 9.59 Å². The van der Waals surface area contributed by atoms with Gasteiger partial charge in [0.1, 0.15) is 0 Å². The second-order valence-corrected chi connectivity index (χ2v) is 9.28. The second kappa shape index (κ2) is 9.23. The highest BCUT2D eigenvalue weighted by atomic mass is 16.2. The summed E-state index contributed by atoms with van der Waals surface area (Å²) >= 11 is 0. The largest absolute Gasteiger partial charge is 0.355 e. The van der Waals surface area contributed by atoms with Gasteiger partial charge in [-0.05, 0) is 68.0 Å². The first-order chi connectivity index (χ1) is 15.0. The van der Waals surface area contributed by atoms with Crippen LogP contribution in [0.3, 0.4) is 0 Å². The maximum atomic E-state index is 12.9. The van der Waals surface area contributed by atoms with Crippen LogP contribution in [-0.2, 0) is 10.2 Å². The molecule has 1 aliphatic heterocycles. The third-order valence-corrected chi connectivity index (χ3v) is 6.95. The molecule has 1 fully saturated rings. The number of likely N-dealkylation sites (N-methyl/N-ethyl adjacent to an activating group) is 1. The lowest BCUT2D eigenvalue weighted by atomic mass is 9.73. The van der Waals surface area contributed by atoms with Crippen molar-refractivity contribution in [3.05, 3.63) is 71.3 Å². The number of piperidine rings is 1. The Labute approximate surface area is 185 Å². The minimum atomic E-state index is 0.0820. The van der Waals surface area contributed by atoms with Gasteiger partial charge in [0.15, 0.2) is 0 Å². The van der Waals surface area contributed by atoms with E-state index in [-0.39, 0.29) is 23.1 Å². The van der Waals surface area contributed by atoms with E-state index in [1.807, 2.05) is 49.3 Å². The SMILES string of the molecule is CN(C)CCNC(=O)C[C@@H]1CC2(CCN(C(=O)c3ccccc3)CC2)c2ccccc21. The average molecular weight is 420 g/mol. The monoisotopic (exact) mass is 419 g/mol. The summed E-state index contributed by atoms with van der Waals surface area (Å²) in [5.74, 6) is 0.515. The lowest BCUT2D eigenvalue weighted by Crippen LogP contribution is -2.44. The predicted molar refractivity (Wildman–Crippen MR) is 123 cm³/mol. The summed E-state index contributed by atoms with van der Waals surface area (Å²) in [6.45, 7) is 3.07. The van der Waals surface area contributed by atoms with Crippen molar-refractivity contribution in [2.75, 3.05) is 40.3 Å². The fraction of sp³-hybridized carbons (Fsp3) is 0.462. The van der Waals surface area contributed by atoms with Crippen LogP contribution in [0.15, 0.2) is 54.6 Å². The van der Waals surface area contributed by atoms with Gasteiger partial charge in [0.25, 0.3) is 5.91 Å². The first-order valence-electron chi connectivity index (χ1n) is 11.3. The van der Waals surface area contributed by atoms with Gasteiger partial charge < -0.3 is 15.1 Å². The van der Waals surface area contributed by atoms with Crippen LogP contribution in [0.4, 0.5) is 0 Å². The van der Waals surface area contributed by atoms with E-state index in [2.05, 4.69) is 34.5 Å². The molecule has 0 radical (unpaired) electrons. The number of carbonyl (C=O) groups excluding carboxylic acids is 2. The van der Waals surface area contributed by atoms with Crippen LogP contribution in [-0.4, -0.2) is 61.9 Å². The number of benzene rings is 2. The molecule has 5 nitrogen and oxygen atoms in total. The summed E-state index contributed by atoms with van der Waals surface area (Å²) in [5.41, 5.74) is 3.57. The summed E-state index contributed by atoms with van der Waals surface area (Å²) in [6, 6.07) is 18.2. The van der Waals surface area contributed by atoms with Crippen LogP contribution in [0, 0.1) is 0 Å². The van der Waals surface area contributed by atoms with E-state index in [1.165, 1.54) is 11.1 Å². The van der Waals surface area contributed by atoms with Crippen molar-refractivity contribution in [2.45, 2.75) is 37.0 Å². The highest BCUT2D eigenvalue weighted by Gasteiger charge is 2.46. The highest BCUT2D eigenvalue weighted by molar-refractivity contribution is 5.94. The van der Waals surface area contributed by atoms with Gasteiger partial charge in [-0.25, -0.2) is 0 Å². The van der Waals surface area contributed by atoms with Crippen LogP contribution in [0.1, 0.15) is 53.1 Å². The Morgan fingerprint density at radius 3 is 2.42 bits per heavy atom. The standard InChI is InChI=1S/C26H33N3O2/c1-28(2)17-14-27-24(30)18-21-19-26(23-11-7-6-10-22(21)23)12-15-29(16-13-26)25(31)20-8-4-3-5-9-20/h3-11,21H,12-19H2,1-2H3,(H,27,30)/t21-/m1/s1. The molecule has 2 aromatic rings. The average Bonchev–Trinajstić information content (AvgIpc) is 3.07. The number of nitrogens with zero attached hydrogens (tertiary/aromatic N) is 2. The maximum Gasteiger partial charge on any atom is 0.253 e. The summed E-state index contributed by atoms with van der Waals surface area (Å²) in [7, 11) is 4.02. The molecule has 1 aliphatic carbocycles. The van der Waals surface area contributed by atoms with E-state index in [9.17, 15) is 9.59 Å². The molecule has 1 saturated heterocycles. The summed E-state index contributed by atoms with van der Waals surface area (Å²) < 4.78 is 0. The molecule has 4 rings (SSSR count). The quantitative estimate of drug-likeness (QED) is 0.781. The number of rotatable bonds is 6. The zero-order valence-corrected chi connectivity index (χ0v) is 18.6. The van der Waals surface area contributed by atoms with Crippen LogP contribution >= 0.6 is 0 Å². The number of likely N-dealkylation sites (tertiary alicyclic amines) is 1. The molecule has 0 saturated carbocycles. The van der Waals surface area contributed by atoms with Gasteiger partial charge in [-0.3, -0.25) is 9.59 Å². The Morgan fingerprint density at radius 2 is 1.71 bits per heavy atom. The Balaban J connectivity index is 1.43. The number of nitrogens with one attached hydrogen (secondary N) is 1. The molecule has 0 bridgehead atoms. The smallest absolute Gasteiger partial charge is 0.253 e. The Kier molecular flexibility index (Phi) is 6.42. The molecule has 1 heterocycles. The predicted octanol–water partition coefficient (Wildman–Crippen LogP) is 3.42. The zero-order valence-electron chi connectivity index (χ0n) is 18.6. The molecular formula is C26H33N3O2. The summed E-state index contributed by atoms with van der Waals surface area (Å²) in [4.78, 5) is 29.5. The van der Waals surface area contributed by atoms with E-state index in [1.54, 1.807) is 0 Å². The van der Waals surface area contributed by atoms with Gasteiger partial charge in [0.2, 0.25) is 5.91 Å². The van der Waals surface area contributed by atoms with Crippen molar-refractivity contribution in [2.24, 2.45) is 0 Å². The Morgan fingerprint density at radius 1 is 1.03 bits per heavy atom. The van der Waals surface area contributed by atoms with E-state index in [4.69, 9.17) is 0 Å². The number of hydrogen-bond donors (Lipinski definition) is 1. The summed E-state index contributed by atoms with van der Waals surface area (Å²) in [5, 5.41) is 3.07. The second-order valence-electron chi connectivity index (χ2n) is 9.28. The normalized spacial score (nSPS) is 19.5. The molecule has 164 valence electrons. The molecule has 2 amide bonds. The van der Waals surface area contributed by atoms with Gasteiger partial charge >= 0.3 is 0 Å². The fourth-order valence-electron chi connectivity index (χ4n) is 5.30. The molecule has 1 spiro atoms. The lowest BCUT2D eigenvalue weighted by molar-refractivity contribution is -0.121. The van der Waals surface area contributed by atoms with Crippen molar-refractivity contribution in [1.82, 2.24) is 15.1 Å². The van der Waals surface area contributed by atoms with Crippen LogP contribution < -0.4 is 5.32 Å². The maximum absolute atomic E-state index is 12.9. The Hall–Kier alpha value is -2.66. The van der Waals surface area contributed by atoms with Crippen LogP contribution in [0.2, 0.25) is 0 Å². The minimum Gasteiger partial charge on any atom is -0.355 e. The van der Waals surface area contributed by atoms with Crippen LogP contribution in [0.5, 0.6) is 0 Å². The summed E-state index contributed by atoms with van der Waals surface area (Å²) in [6.07, 6.45) is 3.46. The molecule has 1 N–H and O–H groups in total. The zero-order chi connectivity index (χ0) is 21.8. The van der Waals surface area contributed by atoms with E-state index >= 15 is 0 Å². The highest BCUT2D eigenvalue weighted by Crippen LogP contribution is 2.52. The topological polar surface area (TPSA) is 52.7 Å². The van der Waals surface area contributed by atoms with E-state index in [0.29, 0.717) is 13.0 Å². The molecule has 2 aliphatic rings. The van der Waals surface area contributed by atoms with Crippen molar-refractivity contribution in [3.63, 3.8) is 0 Å². The van der Waals surface area contributed by atoms with Crippen LogP contribution in [0.25, 0.3) is 0 Å².